The zero-order valence-electron chi connectivity index (χ0n) is 16.6. The number of sulfonamides is 1. The normalized spacial score (nSPS) is 17.2. The first kappa shape index (κ1) is 22.4. The van der Waals surface area contributed by atoms with E-state index in [-0.39, 0.29) is 27.8 Å². The smallest absolute Gasteiger partial charge is 0.320 e. The van der Waals surface area contributed by atoms with Crippen LogP contribution in [0.5, 0.6) is 0 Å². The van der Waals surface area contributed by atoms with Crippen LogP contribution in [0.25, 0.3) is 0 Å². The zero-order chi connectivity index (χ0) is 23.0. The van der Waals surface area contributed by atoms with Gasteiger partial charge in [-0.1, -0.05) is 17.4 Å². The third-order valence-corrected chi connectivity index (χ3v) is 8.01. The minimum atomic E-state index is -4.13. The van der Waals surface area contributed by atoms with E-state index in [1.54, 1.807) is 0 Å². The molecule has 1 amide bonds. The summed E-state index contributed by atoms with van der Waals surface area (Å²) in [6, 6.07) is 4.64. The van der Waals surface area contributed by atoms with Crippen molar-refractivity contribution in [1.29, 1.82) is 0 Å². The minimum Gasteiger partial charge on any atom is -0.320 e. The Morgan fingerprint density at radius 2 is 2.09 bits per heavy atom. The largest absolute Gasteiger partial charge is 0.333 e. The summed E-state index contributed by atoms with van der Waals surface area (Å²) in [7, 11) is -4.13. The number of nitrogens with one attached hydrogen (secondary N) is 1. The Bertz CT molecular complexity index is 1260. The minimum absolute atomic E-state index is 0.0183. The van der Waals surface area contributed by atoms with Gasteiger partial charge in [-0.15, -0.1) is 10.2 Å². The molecule has 0 unspecified atom stereocenters. The van der Waals surface area contributed by atoms with Gasteiger partial charge in [-0.3, -0.25) is 4.79 Å². The zero-order valence-corrected chi connectivity index (χ0v) is 18.2. The number of nitrogens with zero attached hydrogens (tertiary/aromatic N) is 5. The summed E-state index contributed by atoms with van der Waals surface area (Å²) in [5.74, 6) is -1.13. The van der Waals surface area contributed by atoms with Gasteiger partial charge in [0.1, 0.15) is 15.7 Å². The van der Waals surface area contributed by atoms with E-state index in [4.69, 9.17) is 0 Å². The van der Waals surface area contributed by atoms with Crippen molar-refractivity contribution in [1.82, 2.24) is 24.3 Å². The fourth-order valence-corrected chi connectivity index (χ4v) is 6.23. The molecule has 9 nitrogen and oxygen atoms in total. The Hall–Kier alpha value is -2.84. The molecule has 1 aliphatic rings. The molecule has 1 fully saturated rings. The van der Waals surface area contributed by atoms with Crippen molar-refractivity contribution >= 4 is 33.0 Å². The van der Waals surface area contributed by atoms with Crippen LogP contribution in [-0.2, 0) is 10.0 Å². The van der Waals surface area contributed by atoms with Crippen molar-refractivity contribution in [3.8, 4) is 0 Å². The fourth-order valence-electron chi connectivity index (χ4n) is 3.47. The van der Waals surface area contributed by atoms with Crippen LogP contribution in [0.15, 0.2) is 35.4 Å². The highest BCUT2D eigenvalue weighted by Gasteiger charge is 2.40. The molecular weight excluding hydrogens is 469 g/mol. The van der Waals surface area contributed by atoms with Gasteiger partial charge in [0.25, 0.3) is 5.91 Å². The van der Waals surface area contributed by atoms with Crippen LogP contribution in [0.4, 0.5) is 18.9 Å². The lowest BCUT2D eigenvalue weighted by Gasteiger charge is -2.21. The molecule has 3 aromatic rings. The maximum absolute atomic E-state index is 13.3. The lowest BCUT2D eigenvalue weighted by Crippen LogP contribution is -2.31. The van der Waals surface area contributed by atoms with Crippen LogP contribution < -0.4 is 5.32 Å². The Morgan fingerprint density at radius 1 is 1.31 bits per heavy atom. The number of hydrogen-bond acceptors (Lipinski definition) is 7. The Morgan fingerprint density at radius 3 is 2.78 bits per heavy atom. The highest BCUT2D eigenvalue weighted by Crippen LogP contribution is 2.38. The molecule has 1 atom stereocenters. The quantitative estimate of drug-likeness (QED) is 0.572. The highest BCUT2D eigenvalue weighted by molar-refractivity contribution is 7.89. The summed E-state index contributed by atoms with van der Waals surface area (Å²) in [6.07, 6.45) is 1.86. The van der Waals surface area contributed by atoms with Crippen molar-refractivity contribution in [3.05, 3.63) is 52.0 Å². The average molecular weight is 487 g/mol. The third-order valence-electron chi connectivity index (χ3n) is 4.98. The highest BCUT2D eigenvalue weighted by atomic mass is 32.2. The summed E-state index contributed by atoms with van der Waals surface area (Å²) in [5, 5.41) is 14.1. The molecule has 1 aromatic carbocycles. The van der Waals surface area contributed by atoms with Crippen molar-refractivity contribution < 1.29 is 26.4 Å². The van der Waals surface area contributed by atoms with Gasteiger partial charge >= 0.3 is 6.55 Å². The van der Waals surface area contributed by atoms with Gasteiger partial charge < -0.3 is 5.32 Å². The molecule has 2 aromatic heterocycles. The third kappa shape index (κ3) is 4.12. The van der Waals surface area contributed by atoms with Gasteiger partial charge in [-0.2, -0.15) is 18.2 Å². The van der Waals surface area contributed by atoms with Gasteiger partial charge in [0.15, 0.2) is 0 Å². The number of carbonyl (C=O) groups excluding carboxylic acids is 1. The maximum Gasteiger partial charge on any atom is 0.333 e. The number of carbonyl (C=O) groups is 1. The number of hydrogen-bond donors (Lipinski definition) is 1. The van der Waals surface area contributed by atoms with E-state index in [1.165, 1.54) is 29.4 Å². The summed E-state index contributed by atoms with van der Waals surface area (Å²) >= 11 is 0.916. The molecule has 0 spiro atoms. The number of anilines is 1. The van der Waals surface area contributed by atoms with E-state index in [0.29, 0.717) is 22.5 Å². The molecule has 14 heteroatoms. The SMILES string of the molecule is Cc1c(S(=O)(=O)N2CCC[C@H]2c2nnc(C(=O)Nc3cccc(F)c3)s2)cnn1C(F)F. The predicted molar refractivity (Wildman–Crippen MR) is 108 cm³/mol. The number of alkyl halides is 2. The molecule has 0 bridgehead atoms. The Balaban J connectivity index is 1.56. The average Bonchev–Trinajstić information content (AvgIpc) is 3.46. The van der Waals surface area contributed by atoms with Gasteiger partial charge in [0, 0.05) is 12.2 Å². The van der Waals surface area contributed by atoms with Gasteiger partial charge in [0.2, 0.25) is 15.0 Å². The van der Waals surface area contributed by atoms with E-state index in [2.05, 4.69) is 20.6 Å². The number of amides is 1. The fraction of sp³-hybridized carbons (Fsp3) is 0.333. The van der Waals surface area contributed by atoms with Crippen molar-refractivity contribution in [3.63, 3.8) is 0 Å². The van der Waals surface area contributed by atoms with Crippen molar-refractivity contribution in [2.75, 3.05) is 11.9 Å². The van der Waals surface area contributed by atoms with Crippen molar-refractivity contribution in [2.45, 2.75) is 37.3 Å². The number of benzene rings is 1. The topological polar surface area (TPSA) is 110 Å². The van der Waals surface area contributed by atoms with Crippen molar-refractivity contribution in [2.24, 2.45) is 0 Å². The molecule has 1 saturated heterocycles. The molecule has 3 heterocycles. The molecular formula is C18H17F3N6O3S2. The number of rotatable bonds is 6. The summed E-state index contributed by atoms with van der Waals surface area (Å²) in [5.41, 5.74) is 0.0708. The van der Waals surface area contributed by atoms with Gasteiger partial charge in [0.05, 0.1) is 17.9 Å². The van der Waals surface area contributed by atoms with Crippen LogP contribution >= 0.6 is 11.3 Å². The molecule has 0 saturated carbocycles. The maximum atomic E-state index is 13.3. The second-order valence-electron chi connectivity index (χ2n) is 7.00. The van der Waals surface area contributed by atoms with Crippen LogP contribution in [0.2, 0.25) is 0 Å². The van der Waals surface area contributed by atoms with Crippen LogP contribution in [0.1, 0.15) is 45.9 Å². The first-order valence-corrected chi connectivity index (χ1v) is 11.7. The predicted octanol–water partition coefficient (Wildman–Crippen LogP) is 3.36. The lowest BCUT2D eigenvalue weighted by molar-refractivity contribution is 0.0541. The van der Waals surface area contributed by atoms with Crippen LogP contribution in [0.3, 0.4) is 0 Å². The molecule has 0 aliphatic carbocycles. The number of aromatic nitrogens is 4. The second kappa shape index (κ2) is 8.60. The molecule has 4 rings (SSSR count). The summed E-state index contributed by atoms with van der Waals surface area (Å²) in [4.78, 5) is 12.1. The second-order valence-corrected chi connectivity index (χ2v) is 9.87. The van der Waals surface area contributed by atoms with Crippen LogP contribution in [-0.4, -0.2) is 45.2 Å². The molecule has 32 heavy (non-hydrogen) atoms. The molecule has 1 aliphatic heterocycles. The molecule has 170 valence electrons. The monoisotopic (exact) mass is 486 g/mol. The molecule has 0 radical (unpaired) electrons. The van der Waals surface area contributed by atoms with E-state index in [9.17, 15) is 26.4 Å². The van der Waals surface area contributed by atoms with Crippen LogP contribution in [0, 0.1) is 12.7 Å². The summed E-state index contributed by atoms with van der Waals surface area (Å²) in [6.45, 7) is -1.54. The Labute approximate surface area is 184 Å². The lowest BCUT2D eigenvalue weighted by atomic mass is 10.2. The van der Waals surface area contributed by atoms with E-state index in [1.807, 2.05) is 0 Å². The summed E-state index contributed by atoms with van der Waals surface area (Å²) < 4.78 is 67.2. The standard InChI is InChI=1S/C18H17F3N6O3S2/c1-10-14(9-22-27(10)18(20)21)32(29,30)26-7-3-6-13(26)16-24-25-17(31-16)15(28)23-12-5-2-4-11(19)8-12/h2,4-5,8-9,13,18H,3,6-7H2,1H3,(H,23,28)/t13-/m0/s1. The Kier molecular flexibility index (Phi) is 6.01. The number of halogens is 3. The molecule has 1 N–H and O–H groups in total. The van der Waals surface area contributed by atoms with E-state index < -0.39 is 34.3 Å². The van der Waals surface area contributed by atoms with E-state index >= 15 is 0 Å². The van der Waals surface area contributed by atoms with Gasteiger partial charge in [-0.05, 0) is 38.0 Å². The first-order valence-electron chi connectivity index (χ1n) is 9.43. The van der Waals surface area contributed by atoms with Gasteiger partial charge in [-0.25, -0.2) is 17.5 Å². The van der Waals surface area contributed by atoms with E-state index in [0.717, 1.165) is 23.6 Å². The first-order chi connectivity index (χ1) is 15.2.